The average molecular weight is 179 g/mol. The first-order valence-corrected chi connectivity index (χ1v) is 4.76. The number of hydrogen-bond acceptors (Lipinski definition) is 4. The zero-order chi connectivity index (χ0) is 9.10. The van der Waals surface area contributed by atoms with Crippen LogP contribution in [0.2, 0.25) is 0 Å². The first-order chi connectivity index (χ1) is 6.12. The zero-order valence-electron chi connectivity index (χ0n) is 7.71. The quantitative estimate of drug-likeness (QED) is 0.737. The van der Waals surface area contributed by atoms with E-state index in [2.05, 4.69) is 17.1 Å². The van der Waals surface area contributed by atoms with Crippen LogP contribution in [0.1, 0.15) is 44.3 Å². The summed E-state index contributed by atoms with van der Waals surface area (Å²) >= 11 is 0. The van der Waals surface area contributed by atoms with Crippen LogP contribution in [-0.4, -0.2) is 10.1 Å². The van der Waals surface area contributed by atoms with Gasteiger partial charge in [0.25, 0.3) is 0 Å². The molecule has 0 aromatic carbocycles. The van der Waals surface area contributed by atoms with E-state index >= 15 is 0 Å². The fourth-order valence-corrected chi connectivity index (χ4v) is 1.43. The first-order valence-electron chi connectivity index (χ1n) is 4.76. The van der Waals surface area contributed by atoms with Crippen molar-refractivity contribution < 1.29 is 4.52 Å². The second kappa shape index (κ2) is 1.95. The van der Waals surface area contributed by atoms with E-state index in [1.54, 1.807) is 0 Å². The van der Waals surface area contributed by atoms with Crippen molar-refractivity contribution >= 4 is 0 Å². The van der Waals surface area contributed by atoms with Gasteiger partial charge in [-0.25, -0.2) is 0 Å². The largest absolute Gasteiger partial charge is 0.337 e. The highest BCUT2D eigenvalue weighted by atomic mass is 16.5. The predicted octanol–water partition coefficient (Wildman–Crippen LogP) is 1.07. The summed E-state index contributed by atoms with van der Waals surface area (Å²) in [6.07, 6.45) is 4.30. The molecule has 70 valence electrons. The van der Waals surface area contributed by atoms with Crippen LogP contribution in [0, 0.1) is 0 Å². The lowest BCUT2D eigenvalue weighted by molar-refractivity contribution is 0.342. The average Bonchev–Trinajstić information content (AvgIpc) is 2.98. The smallest absolute Gasteiger partial charge is 0.246 e. The maximum absolute atomic E-state index is 5.95. The van der Waals surface area contributed by atoms with Crippen LogP contribution in [0.5, 0.6) is 0 Å². The summed E-state index contributed by atoms with van der Waals surface area (Å²) < 4.78 is 5.17. The van der Waals surface area contributed by atoms with Crippen LogP contribution < -0.4 is 5.73 Å². The summed E-state index contributed by atoms with van der Waals surface area (Å²) in [6, 6.07) is 0. The number of aromatic nitrogens is 2. The minimum Gasteiger partial charge on any atom is -0.337 e. The van der Waals surface area contributed by atoms with Crippen LogP contribution >= 0.6 is 0 Å². The molecule has 3 rings (SSSR count). The Kier molecular flexibility index (Phi) is 1.12. The normalized spacial score (nSPS) is 27.2. The van der Waals surface area contributed by atoms with Crippen molar-refractivity contribution in [1.29, 1.82) is 0 Å². The van der Waals surface area contributed by atoms with Gasteiger partial charge in [-0.3, -0.25) is 0 Å². The molecule has 2 saturated carbocycles. The number of nitrogens with zero attached hydrogens (tertiary/aromatic N) is 2. The molecule has 1 aromatic rings. The van der Waals surface area contributed by atoms with Crippen molar-refractivity contribution in [3.63, 3.8) is 0 Å². The molecule has 0 unspecified atom stereocenters. The van der Waals surface area contributed by atoms with E-state index in [4.69, 9.17) is 10.3 Å². The van der Waals surface area contributed by atoms with Gasteiger partial charge >= 0.3 is 0 Å². The summed E-state index contributed by atoms with van der Waals surface area (Å²) in [5.41, 5.74) is 5.85. The molecule has 0 radical (unpaired) electrons. The van der Waals surface area contributed by atoms with Crippen molar-refractivity contribution in [2.75, 3.05) is 0 Å². The van der Waals surface area contributed by atoms with Gasteiger partial charge in [0.05, 0.1) is 5.54 Å². The molecule has 0 saturated heterocycles. The third-order valence-corrected chi connectivity index (χ3v) is 3.18. The maximum Gasteiger partial charge on any atom is 0.246 e. The minimum absolute atomic E-state index is 0.188. The maximum atomic E-state index is 5.95. The van der Waals surface area contributed by atoms with Crippen LogP contribution in [0.25, 0.3) is 0 Å². The standard InChI is InChI=1S/C9H13N3O/c1-8(2-3-8)6-11-7(13-12-6)9(10)4-5-9/h2-5,10H2,1H3. The molecule has 0 amide bonds. The number of nitrogens with two attached hydrogens (primary N) is 1. The van der Waals surface area contributed by atoms with Crippen molar-refractivity contribution in [2.24, 2.45) is 5.73 Å². The lowest BCUT2D eigenvalue weighted by Crippen LogP contribution is -2.19. The topological polar surface area (TPSA) is 64.9 Å². The Hall–Kier alpha value is -0.900. The van der Waals surface area contributed by atoms with Crippen LogP contribution in [0.15, 0.2) is 4.52 Å². The minimum atomic E-state index is -0.281. The molecule has 0 spiro atoms. The fraction of sp³-hybridized carbons (Fsp3) is 0.778. The molecule has 2 aliphatic rings. The Morgan fingerprint density at radius 2 is 2.00 bits per heavy atom. The van der Waals surface area contributed by atoms with E-state index in [-0.39, 0.29) is 11.0 Å². The molecular formula is C9H13N3O. The number of rotatable bonds is 2. The van der Waals surface area contributed by atoms with Gasteiger partial charge in [-0.1, -0.05) is 12.1 Å². The fourth-order valence-electron chi connectivity index (χ4n) is 1.43. The van der Waals surface area contributed by atoms with Gasteiger partial charge < -0.3 is 10.3 Å². The van der Waals surface area contributed by atoms with Gasteiger partial charge in [0.1, 0.15) is 0 Å². The van der Waals surface area contributed by atoms with Gasteiger partial charge in [0, 0.05) is 5.41 Å². The van der Waals surface area contributed by atoms with E-state index < -0.39 is 0 Å². The second-order valence-electron chi connectivity index (χ2n) is 4.64. The van der Waals surface area contributed by atoms with E-state index in [0.29, 0.717) is 5.89 Å². The highest BCUT2D eigenvalue weighted by Crippen LogP contribution is 2.48. The first kappa shape index (κ1) is 7.50. The summed E-state index contributed by atoms with van der Waals surface area (Å²) in [4.78, 5) is 4.38. The third kappa shape index (κ3) is 1.01. The monoisotopic (exact) mass is 179 g/mol. The molecule has 2 N–H and O–H groups in total. The number of hydrogen-bond donors (Lipinski definition) is 1. The highest BCUT2D eigenvalue weighted by molar-refractivity contribution is 5.18. The van der Waals surface area contributed by atoms with Crippen molar-refractivity contribution in [1.82, 2.24) is 10.1 Å². The third-order valence-electron chi connectivity index (χ3n) is 3.18. The van der Waals surface area contributed by atoms with Gasteiger partial charge in [-0.2, -0.15) is 4.98 Å². The Morgan fingerprint density at radius 1 is 1.31 bits per heavy atom. The summed E-state index contributed by atoms with van der Waals surface area (Å²) in [7, 11) is 0. The SMILES string of the molecule is CC1(c2noc(C3(N)CC3)n2)CC1. The molecule has 0 aliphatic heterocycles. The van der Waals surface area contributed by atoms with E-state index in [1.165, 1.54) is 12.8 Å². The molecule has 2 fully saturated rings. The van der Waals surface area contributed by atoms with E-state index in [0.717, 1.165) is 18.7 Å². The summed E-state index contributed by atoms with van der Waals surface area (Å²) in [5.74, 6) is 1.48. The van der Waals surface area contributed by atoms with Crippen molar-refractivity contribution in [2.45, 2.75) is 43.6 Å². The Labute approximate surface area is 76.5 Å². The molecule has 4 heteroatoms. The molecule has 1 heterocycles. The lowest BCUT2D eigenvalue weighted by atomic mass is 10.1. The summed E-state index contributed by atoms with van der Waals surface area (Å²) in [5, 5.41) is 3.99. The van der Waals surface area contributed by atoms with Crippen LogP contribution in [-0.2, 0) is 11.0 Å². The van der Waals surface area contributed by atoms with Gasteiger partial charge in [-0.15, -0.1) is 0 Å². The molecule has 13 heavy (non-hydrogen) atoms. The van der Waals surface area contributed by atoms with E-state index in [1.807, 2.05) is 0 Å². The molecule has 0 atom stereocenters. The Bertz CT molecular complexity index is 317. The Morgan fingerprint density at radius 3 is 2.54 bits per heavy atom. The van der Waals surface area contributed by atoms with Crippen molar-refractivity contribution in [3.8, 4) is 0 Å². The van der Waals surface area contributed by atoms with Gasteiger partial charge in [-0.05, 0) is 25.7 Å². The van der Waals surface area contributed by atoms with Crippen molar-refractivity contribution in [3.05, 3.63) is 11.7 Å². The van der Waals surface area contributed by atoms with Crippen LogP contribution in [0.4, 0.5) is 0 Å². The zero-order valence-corrected chi connectivity index (χ0v) is 7.71. The van der Waals surface area contributed by atoms with Crippen LogP contribution in [0.3, 0.4) is 0 Å². The predicted molar refractivity (Wildman–Crippen MR) is 46.0 cm³/mol. The van der Waals surface area contributed by atoms with Gasteiger partial charge in [0.2, 0.25) is 5.89 Å². The van der Waals surface area contributed by atoms with Gasteiger partial charge in [0.15, 0.2) is 5.82 Å². The summed E-state index contributed by atoms with van der Waals surface area (Å²) in [6.45, 7) is 2.16. The Balaban J connectivity index is 1.94. The molecular weight excluding hydrogens is 166 g/mol. The lowest BCUT2D eigenvalue weighted by Gasteiger charge is -1.99. The second-order valence-corrected chi connectivity index (χ2v) is 4.64. The highest BCUT2D eigenvalue weighted by Gasteiger charge is 2.49. The molecule has 1 aromatic heterocycles. The molecule has 4 nitrogen and oxygen atoms in total. The van der Waals surface area contributed by atoms with E-state index in [9.17, 15) is 0 Å². The molecule has 2 aliphatic carbocycles. The molecule has 0 bridgehead atoms.